The van der Waals surface area contributed by atoms with Gasteiger partial charge in [-0.25, -0.2) is 4.79 Å². The van der Waals surface area contributed by atoms with E-state index in [9.17, 15) is 31.1 Å². The average molecular weight is 360 g/mol. The highest BCUT2D eigenvalue weighted by Gasteiger charge is 2.73. The van der Waals surface area contributed by atoms with Crippen molar-refractivity contribution >= 4 is 11.8 Å². The number of carbonyl (C=O) groups excluding carboxylic acids is 1. The molecule has 0 radical (unpaired) electrons. The van der Waals surface area contributed by atoms with Gasteiger partial charge >= 0.3 is 24.1 Å². The lowest BCUT2D eigenvalue weighted by Gasteiger charge is -2.38. The molecule has 0 unspecified atom stereocenters. The Balaban J connectivity index is 3.36. The number of methoxy groups -OCH3 is 1. The largest absolute Gasteiger partial charge is 0.497 e. The first-order valence-corrected chi connectivity index (χ1v) is 6.47. The maximum atomic E-state index is 13.3. The molecule has 136 valence electrons. The van der Waals surface area contributed by atoms with Gasteiger partial charge in [0.2, 0.25) is 0 Å². The van der Waals surface area contributed by atoms with Crippen LogP contribution < -0.4 is 15.4 Å². The minimum Gasteiger partial charge on any atom is -0.497 e. The molecule has 1 aromatic carbocycles. The van der Waals surface area contributed by atoms with Crippen molar-refractivity contribution in [3.05, 3.63) is 24.3 Å². The summed E-state index contributed by atoms with van der Waals surface area (Å²) >= 11 is 0. The average Bonchev–Trinajstić information content (AvgIpc) is 2.44. The van der Waals surface area contributed by atoms with Gasteiger partial charge in [0.25, 0.3) is 0 Å². The number of anilines is 1. The summed E-state index contributed by atoms with van der Waals surface area (Å²) in [5, 5.41) is 2.13. The van der Waals surface area contributed by atoms with Crippen LogP contribution in [-0.4, -0.2) is 37.8 Å². The first-order valence-electron chi connectivity index (χ1n) is 6.47. The second-order valence-electron chi connectivity index (χ2n) is 4.45. The zero-order valence-corrected chi connectivity index (χ0v) is 12.5. The van der Waals surface area contributed by atoms with E-state index < -0.39 is 36.4 Å². The monoisotopic (exact) mass is 360 g/mol. The Kier molecular flexibility index (Phi) is 5.80. The zero-order valence-electron chi connectivity index (χ0n) is 12.5. The molecule has 11 heteroatoms. The van der Waals surface area contributed by atoms with Crippen LogP contribution in [0.5, 0.6) is 5.75 Å². The molecule has 0 aliphatic heterocycles. The second kappa shape index (κ2) is 7.05. The molecule has 0 saturated heterocycles. The number of nitrogens with one attached hydrogen (secondary N) is 2. The van der Waals surface area contributed by atoms with Gasteiger partial charge in [0.1, 0.15) is 5.75 Å². The molecule has 0 aliphatic rings. The summed E-state index contributed by atoms with van der Waals surface area (Å²) in [6.45, 7) is 0.828. The fourth-order valence-corrected chi connectivity index (χ4v) is 1.71. The number of amides is 1. The fourth-order valence-electron chi connectivity index (χ4n) is 1.71. The molecule has 0 bridgehead atoms. The van der Waals surface area contributed by atoms with Crippen molar-refractivity contribution in [3.8, 4) is 5.75 Å². The highest BCUT2D eigenvalue weighted by atomic mass is 19.4. The van der Waals surface area contributed by atoms with E-state index in [0.29, 0.717) is 0 Å². The molecular weight excluding hydrogens is 346 g/mol. The Hall–Kier alpha value is -2.33. The molecule has 2 N–H and O–H groups in total. The van der Waals surface area contributed by atoms with E-state index in [4.69, 9.17) is 4.74 Å². The van der Waals surface area contributed by atoms with Gasteiger partial charge in [-0.3, -0.25) is 5.32 Å². The number of hydrogen-bond acceptors (Lipinski definition) is 4. The Morgan fingerprint density at radius 3 is 2.17 bits per heavy atom. The highest BCUT2D eigenvalue weighted by molar-refractivity contribution is 5.70. The second-order valence-corrected chi connectivity index (χ2v) is 4.45. The Labute approximate surface area is 132 Å². The number of rotatable bonds is 5. The Bertz CT molecular complexity index is 560. The van der Waals surface area contributed by atoms with Crippen molar-refractivity contribution in [1.82, 2.24) is 5.32 Å². The van der Waals surface area contributed by atoms with Crippen LogP contribution in [0.15, 0.2) is 24.3 Å². The van der Waals surface area contributed by atoms with E-state index in [-0.39, 0.29) is 5.75 Å². The third-order valence-corrected chi connectivity index (χ3v) is 2.82. The quantitative estimate of drug-likeness (QED) is 0.621. The summed E-state index contributed by atoms with van der Waals surface area (Å²) in [7, 11) is 1.19. The molecule has 0 atom stereocenters. The molecule has 0 aromatic heterocycles. The molecule has 0 spiro atoms. The van der Waals surface area contributed by atoms with Gasteiger partial charge in [0.15, 0.2) is 0 Å². The maximum absolute atomic E-state index is 13.3. The van der Waals surface area contributed by atoms with E-state index in [1.54, 1.807) is 0 Å². The highest BCUT2D eigenvalue weighted by Crippen LogP contribution is 2.43. The fraction of sp³-hybridized carbons (Fsp3) is 0.462. The smallest absolute Gasteiger partial charge is 0.439 e. The van der Waals surface area contributed by atoms with Crippen molar-refractivity contribution in [3.63, 3.8) is 0 Å². The molecule has 24 heavy (non-hydrogen) atoms. The van der Waals surface area contributed by atoms with E-state index >= 15 is 0 Å². The number of carbonyl (C=O) groups is 1. The van der Waals surface area contributed by atoms with Gasteiger partial charge in [-0.1, -0.05) is 6.07 Å². The molecule has 0 fully saturated rings. The molecule has 1 rings (SSSR count). The number of halogens is 6. The Morgan fingerprint density at radius 2 is 1.71 bits per heavy atom. The van der Waals surface area contributed by atoms with Gasteiger partial charge in [0.05, 0.1) is 13.7 Å². The van der Waals surface area contributed by atoms with Gasteiger partial charge in [-0.05, 0) is 19.1 Å². The van der Waals surface area contributed by atoms with Crippen molar-refractivity contribution in [2.24, 2.45) is 0 Å². The first kappa shape index (κ1) is 19.7. The Morgan fingerprint density at radius 1 is 1.12 bits per heavy atom. The molecule has 1 amide bonds. The van der Waals surface area contributed by atoms with Crippen molar-refractivity contribution in [1.29, 1.82) is 0 Å². The lowest BCUT2D eigenvalue weighted by atomic mass is 10.1. The predicted molar refractivity (Wildman–Crippen MR) is 71.6 cm³/mol. The standard InChI is InChI=1S/C13H14F6N2O3/c1-3-24-10(22)21-11(12(14,15)16,13(17,18)19)20-8-5-4-6-9(7-8)23-2/h4-7,20H,3H2,1-2H3,(H,21,22). The maximum Gasteiger partial charge on any atom is 0.439 e. The van der Waals surface area contributed by atoms with Crippen LogP contribution >= 0.6 is 0 Å². The lowest BCUT2D eigenvalue weighted by Crippen LogP contribution is -2.72. The molecular formula is C13H14F6N2O3. The van der Waals surface area contributed by atoms with Crippen molar-refractivity contribution in [2.45, 2.75) is 24.9 Å². The number of benzene rings is 1. The normalized spacial score (nSPS) is 12.5. The molecule has 1 aromatic rings. The first-order chi connectivity index (χ1) is 11.0. The van der Waals surface area contributed by atoms with Crippen LogP contribution in [0, 0.1) is 0 Å². The third-order valence-electron chi connectivity index (χ3n) is 2.82. The van der Waals surface area contributed by atoms with E-state index in [2.05, 4.69) is 4.74 Å². The summed E-state index contributed by atoms with van der Waals surface area (Å²) in [5.41, 5.74) is -5.31. The predicted octanol–water partition coefficient (Wildman–Crippen LogP) is 3.67. The van der Waals surface area contributed by atoms with E-state index in [0.717, 1.165) is 17.4 Å². The van der Waals surface area contributed by atoms with Crippen LogP contribution in [0.25, 0.3) is 0 Å². The van der Waals surface area contributed by atoms with Crippen molar-refractivity contribution < 1.29 is 40.6 Å². The molecule has 5 nitrogen and oxygen atoms in total. The van der Waals surface area contributed by atoms with Crippen LogP contribution in [-0.2, 0) is 4.74 Å². The van der Waals surface area contributed by atoms with Crippen molar-refractivity contribution in [2.75, 3.05) is 19.0 Å². The SMILES string of the molecule is CCOC(=O)NC(Nc1cccc(OC)c1)(C(F)(F)F)C(F)(F)F. The molecule has 0 aliphatic carbocycles. The van der Waals surface area contributed by atoms with Crippen LogP contribution in [0.4, 0.5) is 36.8 Å². The topological polar surface area (TPSA) is 59.6 Å². The summed E-state index contributed by atoms with van der Waals surface area (Å²) < 4.78 is 88.4. The summed E-state index contributed by atoms with van der Waals surface area (Å²) in [6, 6.07) is 4.39. The summed E-state index contributed by atoms with van der Waals surface area (Å²) in [5.74, 6) is 0.0226. The summed E-state index contributed by atoms with van der Waals surface area (Å²) in [6.07, 6.45) is -13.7. The van der Waals surface area contributed by atoms with Gasteiger partial charge in [0, 0.05) is 11.8 Å². The molecule has 0 heterocycles. The van der Waals surface area contributed by atoms with E-state index in [1.807, 2.05) is 0 Å². The van der Waals surface area contributed by atoms with Gasteiger partial charge < -0.3 is 14.8 Å². The van der Waals surface area contributed by atoms with Crippen LogP contribution in [0.2, 0.25) is 0 Å². The number of alkyl carbamates (subject to hydrolysis) is 1. The lowest BCUT2D eigenvalue weighted by molar-refractivity contribution is -0.294. The third kappa shape index (κ3) is 4.15. The van der Waals surface area contributed by atoms with E-state index in [1.165, 1.54) is 31.5 Å². The molecule has 0 saturated carbocycles. The van der Waals surface area contributed by atoms with Gasteiger partial charge in [-0.15, -0.1) is 0 Å². The van der Waals surface area contributed by atoms with Gasteiger partial charge in [-0.2, -0.15) is 26.3 Å². The zero-order chi connectivity index (χ0) is 18.6. The summed E-state index contributed by atoms with van der Waals surface area (Å²) in [4.78, 5) is 11.3. The number of alkyl halides is 6. The van der Waals surface area contributed by atoms with Crippen LogP contribution in [0.1, 0.15) is 6.92 Å². The minimum absolute atomic E-state index is 0.0226. The van der Waals surface area contributed by atoms with Crippen LogP contribution in [0.3, 0.4) is 0 Å². The number of ether oxygens (including phenoxy) is 2. The number of hydrogen-bond donors (Lipinski definition) is 2. The minimum atomic E-state index is -5.92.